The van der Waals surface area contributed by atoms with Crippen LogP contribution in [0.5, 0.6) is 0 Å². The highest BCUT2D eigenvalue weighted by atomic mass is 16.5. The number of hydrogen-bond acceptors (Lipinski definition) is 4. The Hall–Kier alpha value is -1.65. The maximum absolute atomic E-state index is 11.5. The van der Waals surface area contributed by atoms with Crippen LogP contribution in [0.3, 0.4) is 0 Å². The molecule has 0 saturated heterocycles. The third-order valence-corrected chi connectivity index (χ3v) is 2.26. The fourth-order valence-electron chi connectivity index (χ4n) is 1.25. The normalized spacial score (nSPS) is 18.9. The van der Waals surface area contributed by atoms with Crippen molar-refractivity contribution in [3.63, 3.8) is 0 Å². The molecule has 76 valence electrons. The highest BCUT2D eigenvalue weighted by Crippen LogP contribution is 2.21. The van der Waals surface area contributed by atoms with Gasteiger partial charge in [0.15, 0.2) is 6.23 Å². The number of nitrogens with zero attached hydrogens (tertiary/aromatic N) is 1. The molecule has 1 atom stereocenters. The summed E-state index contributed by atoms with van der Waals surface area (Å²) in [6.07, 6.45) is -0.847. The van der Waals surface area contributed by atoms with Crippen LogP contribution in [0.15, 0.2) is 11.1 Å². The van der Waals surface area contributed by atoms with Crippen molar-refractivity contribution in [3.05, 3.63) is 11.1 Å². The Bertz CT molecular complexity index is 308. The number of hydrogen-bond donors (Lipinski definition) is 0. The van der Waals surface area contributed by atoms with E-state index in [-0.39, 0.29) is 6.47 Å². The summed E-state index contributed by atoms with van der Waals surface area (Å²) >= 11 is 0. The van der Waals surface area contributed by atoms with Crippen LogP contribution in [0.1, 0.15) is 20.8 Å². The van der Waals surface area contributed by atoms with Crippen LogP contribution >= 0.6 is 0 Å². The molecule has 0 radical (unpaired) electrons. The Labute approximate surface area is 81.3 Å². The van der Waals surface area contributed by atoms with E-state index in [9.17, 15) is 14.4 Å². The Kier molecular flexibility index (Phi) is 2.69. The lowest BCUT2D eigenvalue weighted by Crippen LogP contribution is -2.40. The topological polar surface area (TPSA) is 63.7 Å². The number of imide groups is 1. The van der Waals surface area contributed by atoms with E-state index < -0.39 is 18.0 Å². The monoisotopic (exact) mass is 197 g/mol. The molecular formula is C9H11NO4. The molecule has 1 aliphatic rings. The quantitative estimate of drug-likeness (QED) is 0.479. The fourth-order valence-corrected chi connectivity index (χ4v) is 1.25. The molecule has 1 rings (SSSR count). The summed E-state index contributed by atoms with van der Waals surface area (Å²) in [5, 5.41) is 0. The van der Waals surface area contributed by atoms with Gasteiger partial charge in [-0.05, 0) is 20.8 Å². The molecule has 1 heterocycles. The largest absolute Gasteiger partial charge is 0.443 e. The van der Waals surface area contributed by atoms with Crippen LogP contribution < -0.4 is 0 Å². The van der Waals surface area contributed by atoms with Gasteiger partial charge in [-0.15, -0.1) is 0 Å². The van der Waals surface area contributed by atoms with E-state index in [1.54, 1.807) is 13.8 Å². The zero-order chi connectivity index (χ0) is 10.9. The Morgan fingerprint density at radius 3 is 2.00 bits per heavy atom. The van der Waals surface area contributed by atoms with E-state index in [0.717, 1.165) is 4.90 Å². The standard InChI is InChI=1S/C9H11NO4/c1-5-6(2)9(13)10(8(5)12)7(3)14-4-11/h4,7H,1-3H3. The molecule has 1 unspecified atom stereocenters. The van der Waals surface area contributed by atoms with Gasteiger partial charge in [-0.25, -0.2) is 4.90 Å². The minimum absolute atomic E-state index is 0.216. The maximum Gasteiger partial charge on any atom is 0.295 e. The van der Waals surface area contributed by atoms with Crippen LogP contribution in [0, 0.1) is 0 Å². The van der Waals surface area contributed by atoms with Crippen molar-refractivity contribution in [2.24, 2.45) is 0 Å². The van der Waals surface area contributed by atoms with Crippen LogP contribution in [-0.2, 0) is 19.1 Å². The van der Waals surface area contributed by atoms with Crippen molar-refractivity contribution < 1.29 is 19.1 Å². The number of amides is 2. The second kappa shape index (κ2) is 3.61. The minimum Gasteiger partial charge on any atom is -0.443 e. The minimum atomic E-state index is -0.847. The average molecular weight is 197 g/mol. The molecule has 2 amide bonds. The zero-order valence-corrected chi connectivity index (χ0v) is 8.23. The summed E-state index contributed by atoms with van der Waals surface area (Å²) in [6.45, 7) is 4.83. The van der Waals surface area contributed by atoms with Gasteiger partial charge in [0, 0.05) is 11.1 Å². The van der Waals surface area contributed by atoms with Crippen molar-refractivity contribution in [2.75, 3.05) is 0 Å². The number of carbonyl (C=O) groups is 3. The van der Waals surface area contributed by atoms with E-state index in [1.165, 1.54) is 6.92 Å². The molecule has 0 N–H and O–H groups in total. The van der Waals surface area contributed by atoms with Crippen LogP contribution in [0.2, 0.25) is 0 Å². The first-order valence-corrected chi connectivity index (χ1v) is 4.15. The smallest absolute Gasteiger partial charge is 0.295 e. The molecule has 5 nitrogen and oxygen atoms in total. The Balaban J connectivity index is 2.91. The van der Waals surface area contributed by atoms with Gasteiger partial charge in [-0.1, -0.05) is 0 Å². The van der Waals surface area contributed by atoms with Gasteiger partial charge < -0.3 is 4.74 Å². The molecule has 0 aliphatic carbocycles. The number of carbonyl (C=O) groups excluding carboxylic acids is 3. The molecule has 0 aromatic rings. The highest BCUT2D eigenvalue weighted by Gasteiger charge is 2.37. The van der Waals surface area contributed by atoms with Gasteiger partial charge in [0.1, 0.15) is 0 Å². The lowest BCUT2D eigenvalue weighted by molar-refractivity contribution is -0.156. The van der Waals surface area contributed by atoms with Gasteiger partial charge in [-0.3, -0.25) is 14.4 Å². The summed E-state index contributed by atoms with van der Waals surface area (Å²) in [5.41, 5.74) is 0.799. The van der Waals surface area contributed by atoms with Crippen LogP contribution in [-0.4, -0.2) is 29.4 Å². The van der Waals surface area contributed by atoms with Gasteiger partial charge in [0.05, 0.1) is 0 Å². The fraction of sp³-hybridized carbons (Fsp3) is 0.444. The molecule has 1 aliphatic heterocycles. The predicted octanol–water partition coefficient (Wildman–Crippen LogP) is 0.211. The molecule has 0 spiro atoms. The zero-order valence-electron chi connectivity index (χ0n) is 8.23. The van der Waals surface area contributed by atoms with Crippen molar-refractivity contribution in [2.45, 2.75) is 27.0 Å². The van der Waals surface area contributed by atoms with Crippen molar-refractivity contribution in [3.8, 4) is 0 Å². The summed E-state index contributed by atoms with van der Waals surface area (Å²) in [5.74, 6) is -0.802. The van der Waals surface area contributed by atoms with E-state index in [2.05, 4.69) is 4.74 Å². The van der Waals surface area contributed by atoms with Gasteiger partial charge >= 0.3 is 0 Å². The Morgan fingerprint density at radius 1 is 1.21 bits per heavy atom. The van der Waals surface area contributed by atoms with Gasteiger partial charge in [0.2, 0.25) is 0 Å². The third-order valence-electron chi connectivity index (χ3n) is 2.26. The number of ether oxygens (including phenoxy) is 1. The van der Waals surface area contributed by atoms with Gasteiger partial charge in [0.25, 0.3) is 18.3 Å². The van der Waals surface area contributed by atoms with E-state index >= 15 is 0 Å². The Morgan fingerprint density at radius 2 is 1.64 bits per heavy atom. The third kappa shape index (κ3) is 1.41. The highest BCUT2D eigenvalue weighted by molar-refractivity contribution is 6.18. The van der Waals surface area contributed by atoms with Crippen molar-refractivity contribution in [1.82, 2.24) is 4.90 Å². The van der Waals surface area contributed by atoms with E-state index in [1.807, 2.05) is 0 Å². The molecule has 14 heavy (non-hydrogen) atoms. The molecule has 0 aromatic heterocycles. The second-order valence-corrected chi connectivity index (χ2v) is 3.06. The maximum atomic E-state index is 11.5. The van der Waals surface area contributed by atoms with Crippen LogP contribution in [0.4, 0.5) is 0 Å². The molecule has 0 saturated carbocycles. The summed E-state index contributed by atoms with van der Waals surface area (Å²) in [6, 6.07) is 0. The second-order valence-electron chi connectivity index (χ2n) is 3.06. The average Bonchev–Trinajstić information content (AvgIpc) is 2.32. The lowest BCUT2D eigenvalue weighted by Gasteiger charge is -2.20. The first-order chi connectivity index (χ1) is 6.50. The predicted molar refractivity (Wildman–Crippen MR) is 46.8 cm³/mol. The van der Waals surface area contributed by atoms with Crippen molar-refractivity contribution in [1.29, 1.82) is 0 Å². The summed E-state index contributed by atoms with van der Waals surface area (Å²) < 4.78 is 4.54. The van der Waals surface area contributed by atoms with Crippen molar-refractivity contribution >= 4 is 18.3 Å². The molecular weight excluding hydrogens is 186 g/mol. The lowest BCUT2D eigenvalue weighted by atomic mass is 10.2. The molecule has 0 aromatic carbocycles. The van der Waals surface area contributed by atoms with Crippen LogP contribution in [0.25, 0.3) is 0 Å². The van der Waals surface area contributed by atoms with E-state index in [0.29, 0.717) is 11.1 Å². The van der Waals surface area contributed by atoms with E-state index in [4.69, 9.17) is 0 Å². The summed E-state index contributed by atoms with van der Waals surface area (Å²) in [4.78, 5) is 34.0. The van der Waals surface area contributed by atoms with Gasteiger partial charge in [-0.2, -0.15) is 0 Å². The molecule has 0 bridgehead atoms. The SMILES string of the molecule is CC1=C(C)C(=O)N(C(C)OC=O)C1=O. The first kappa shape index (κ1) is 10.4. The summed E-state index contributed by atoms with van der Waals surface area (Å²) in [7, 11) is 0. The molecule has 0 fully saturated rings. The first-order valence-electron chi connectivity index (χ1n) is 4.15. The number of rotatable bonds is 3. The molecule has 5 heteroatoms.